The number of hydrogen-bond donors (Lipinski definition) is 1. The molecule has 0 radical (unpaired) electrons. The average Bonchev–Trinajstić information content (AvgIpc) is 3.39. The van der Waals surface area contributed by atoms with E-state index in [2.05, 4.69) is 29.4 Å². The van der Waals surface area contributed by atoms with E-state index in [1.807, 2.05) is 24.3 Å². The Bertz CT molecular complexity index is 844. The summed E-state index contributed by atoms with van der Waals surface area (Å²) in [5, 5.41) is 7.37. The molecule has 4 nitrogen and oxygen atoms in total. The van der Waals surface area contributed by atoms with E-state index >= 15 is 0 Å². The number of likely N-dealkylation sites (tertiary alicyclic amines) is 1. The first-order valence-electron chi connectivity index (χ1n) is 10.7. The molecule has 6 heteroatoms. The Morgan fingerprint density at radius 1 is 1.34 bits per heavy atom. The molecule has 1 saturated carbocycles. The van der Waals surface area contributed by atoms with Crippen LogP contribution in [0.5, 0.6) is 0 Å². The maximum atomic E-state index is 12.9. The van der Waals surface area contributed by atoms with Crippen molar-refractivity contribution in [2.45, 2.75) is 57.4 Å². The Labute approximate surface area is 182 Å². The first kappa shape index (κ1) is 20.8. The Morgan fingerprint density at radius 2 is 2.10 bits per heavy atom. The fourth-order valence-electron chi connectivity index (χ4n) is 4.26. The molecule has 156 valence electrons. The molecule has 1 aliphatic carbocycles. The van der Waals surface area contributed by atoms with Crippen molar-refractivity contribution in [3.63, 3.8) is 0 Å². The minimum absolute atomic E-state index is 0.179. The van der Waals surface area contributed by atoms with Gasteiger partial charge in [0.2, 0.25) is 5.91 Å². The second-order valence-corrected chi connectivity index (χ2v) is 10.2. The van der Waals surface area contributed by atoms with Crippen molar-refractivity contribution in [1.82, 2.24) is 15.2 Å². The normalized spacial score (nSPS) is 21.3. The van der Waals surface area contributed by atoms with Crippen LogP contribution in [-0.4, -0.2) is 35.4 Å². The lowest BCUT2D eigenvalue weighted by Gasteiger charge is -2.32. The van der Waals surface area contributed by atoms with Gasteiger partial charge in [0.1, 0.15) is 5.01 Å². The van der Waals surface area contributed by atoms with E-state index in [0.717, 1.165) is 44.6 Å². The van der Waals surface area contributed by atoms with Gasteiger partial charge in [0.15, 0.2) is 0 Å². The number of nitrogens with zero attached hydrogens (tertiary/aromatic N) is 2. The quantitative estimate of drug-likeness (QED) is 0.672. The molecule has 1 aliphatic heterocycles. The van der Waals surface area contributed by atoms with Gasteiger partial charge in [0.25, 0.3) is 0 Å². The molecule has 0 bridgehead atoms. The van der Waals surface area contributed by atoms with Crippen molar-refractivity contribution in [1.29, 1.82) is 0 Å². The molecular formula is C23H30ClN3OS. The summed E-state index contributed by atoms with van der Waals surface area (Å²) in [6.07, 6.45) is 4.23. The van der Waals surface area contributed by atoms with Gasteiger partial charge in [0, 0.05) is 23.5 Å². The number of benzene rings is 1. The van der Waals surface area contributed by atoms with Crippen molar-refractivity contribution in [2.24, 2.45) is 5.92 Å². The molecule has 2 aliphatic rings. The summed E-state index contributed by atoms with van der Waals surface area (Å²) in [5.74, 6) is 1.18. The molecular weight excluding hydrogens is 402 g/mol. The Kier molecular flexibility index (Phi) is 6.28. The zero-order valence-corrected chi connectivity index (χ0v) is 18.9. The molecule has 1 aromatic heterocycles. The summed E-state index contributed by atoms with van der Waals surface area (Å²) >= 11 is 7.77. The highest BCUT2D eigenvalue weighted by molar-refractivity contribution is 7.09. The Balaban J connectivity index is 1.29. The van der Waals surface area contributed by atoms with Crippen molar-refractivity contribution >= 4 is 28.8 Å². The molecule has 4 rings (SSSR count). The standard InChI is InChI=1S/C23H30ClN3OS/c1-16(2)20-15-29-21(26-20)14-27-11-3-4-17(13-27)12-25-22(28)23(9-10-23)18-5-7-19(24)8-6-18/h5-8,15-17H,3-4,9-14H2,1-2H3,(H,25,28)/t17-/m0/s1. The summed E-state index contributed by atoms with van der Waals surface area (Å²) in [6, 6.07) is 7.76. The highest BCUT2D eigenvalue weighted by Crippen LogP contribution is 2.48. The van der Waals surface area contributed by atoms with Crippen molar-refractivity contribution in [3.05, 3.63) is 50.9 Å². The van der Waals surface area contributed by atoms with E-state index in [1.165, 1.54) is 23.5 Å². The highest BCUT2D eigenvalue weighted by Gasteiger charge is 2.51. The lowest BCUT2D eigenvalue weighted by Crippen LogP contribution is -2.43. The molecule has 1 amide bonds. The van der Waals surface area contributed by atoms with Crippen molar-refractivity contribution in [3.8, 4) is 0 Å². The Morgan fingerprint density at radius 3 is 2.76 bits per heavy atom. The second-order valence-electron chi connectivity index (χ2n) is 8.86. The number of hydrogen-bond acceptors (Lipinski definition) is 4. The maximum Gasteiger partial charge on any atom is 0.230 e. The van der Waals surface area contributed by atoms with Crippen LogP contribution in [0.3, 0.4) is 0 Å². The van der Waals surface area contributed by atoms with Crippen LogP contribution < -0.4 is 5.32 Å². The number of nitrogens with one attached hydrogen (secondary N) is 1. The number of carbonyl (C=O) groups is 1. The SMILES string of the molecule is CC(C)c1csc(CN2CCC[C@@H](CNC(=O)C3(c4ccc(Cl)cc4)CC3)C2)n1. The Hall–Kier alpha value is -1.43. The maximum absolute atomic E-state index is 12.9. The van der Waals surface area contributed by atoms with Crippen molar-refractivity contribution in [2.75, 3.05) is 19.6 Å². The van der Waals surface area contributed by atoms with Gasteiger partial charge in [-0.25, -0.2) is 4.98 Å². The molecule has 2 heterocycles. The summed E-state index contributed by atoms with van der Waals surface area (Å²) in [7, 11) is 0. The predicted octanol–water partition coefficient (Wildman–Crippen LogP) is 4.98. The molecule has 2 aromatic rings. The highest BCUT2D eigenvalue weighted by atomic mass is 35.5. The third-order valence-corrected chi connectivity index (χ3v) is 7.36. The van der Waals surface area contributed by atoms with E-state index in [1.54, 1.807) is 11.3 Å². The number of thiazole rings is 1. The number of carbonyl (C=O) groups excluding carboxylic acids is 1. The van der Waals surface area contributed by atoms with Crippen LogP contribution in [0, 0.1) is 5.92 Å². The summed E-state index contributed by atoms with van der Waals surface area (Å²) in [5.41, 5.74) is 1.96. The van der Waals surface area contributed by atoms with Crippen LogP contribution in [0.1, 0.15) is 61.7 Å². The van der Waals surface area contributed by atoms with Gasteiger partial charge < -0.3 is 5.32 Å². The second kappa shape index (κ2) is 8.75. The molecule has 29 heavy (non-hydrogen) atoms. The molecule has 0 unspecified atom stereocenters. The number of piperidine rings is 1. The van der Waals surface area contributed by atoms with E-state index in [9.17, 15) is 4.79 Å². The number of halogens is 1. The first-order chi connectivity index (χ1) is 14.0. The van der Waals surface area contributed by atoms with Crippen LogP contribution in [0.15, 0.2) is 29.6 Å². The largest absolute Gasteiger partial charge is 0.355 e. The number of rotatable bonds is 7. The summed E-state index contributed by atoms with van der Waals surface area (Å²) in [4.78, 5) is 20.2. The lowest BCUT2D eigenvalue weighted by molar-refractivity contribution is -0.123. The zero-order valence-electron chi connectivity index (χ0n) is 17.3. The molecule has 1 saturated heterocycles. The fraction of sp³-hybridized carbons (Fsp3) is 0.565. The average molecular weight is 432 g/mol. The molecule has 2 fully saturated rings. The third-order valence-electron chi connectivity index (χ3n) is 6.26. The van der Waals surface area contributed by atoms with Gasteiger partial charge >= 0.3 is 0 Å². The van der Waals surface area contributed by atoms with Crippen LogP contribution in [0.25, 0.3) is 0 Å². The van der Waals surface area contributed by atoms with E-state index in [0.29, 0.717) is 16.9 Å². The van der Waals surface area contributed by atoms with Gasteiger partial charge in [-0.05, 0) is 61.8 Å². The van der Waals surface area contributed by atoms with Gasteiger partial charge in [-0.3, -0.25) is 9.69 Å². The van der Waals surface area contributed by atoms with Crippen LogP contribution in [-0.2, 0) is 16.8 Å². The fourth-order valence-corrected chi connectivity index (χ4v) is 5.39. The minimum Gasteiger partial charge on any atom is -0.355 e. The van der Waals surface area contributed by atoms with E-state index in [-0.39, 0.29) is 11.3 Å². The molecule has 1 aromatic carbocycles. The van der Waals surface area contributed by atoms with Gasteiger partial charge in [-0.1, -0.05) is 37.6 Å². The van der Waals surface area contributed by atoms with Gasteiger partial charge in [0.05, 0.1) is 17.7 Å². The first-order valence-corrected chi connectivity index (χ1v) is 11.9. The van der Waals surface area contributed by atoms with Crippen LogP contribution in [0.4, 0.5) is 0 Å². The molecule has 0 spiro atoms. The van der Waals surface area contributed by atoms with Gasteiger partial charge in [-0.2, -0.15) is 0 Å². The number of amides is 1. The zero-order chi connectivity index (χ0) is 20.4. The number of aromatic nitrogens is 1. The van der Waals surface area contributed by atoms with E-state index < -0.39 is 0 Å². The molecule has 1 atom stereocenters. The topological polar surface area (TPSA) is 45.2 Å². The summed E-state index contributed by atoms with van der Waals surface area (Å²) < 4.78 is 0. The lowest BCUT2D eigenvalue weighted by atomic mass is 9.94. The predicted molar refractivity (Wildman–Crippen MR) is 120 cm³/mol. The molecule has 1 N–H and O–H groups in total. The third kappa shape index (κ3) is 4.84. The van der Waals surface area contributed by atoms with Crippen molar-refractivity contribution < 1.29 is 4.79 Å². The van der Waals surface area contributed by atoms with Crippen LogP contribution in [0.2, 0.25) is 5.02 Å². The summed E-state index contributed by atoms with van der Waals surface area (Å²) in [6.45, 7) is 8.22. The monoisotopic (exact) mass is 431 g/mol. The van der Waals surface area contributed by atoms with Gasteiger partial charge in [-0.15, -0.1) is 11.3 Å². The smallest absolute Gasteiger partial charge is 0.230 e. The van der Waals surface area contributed by atoms with E-state index in [4.69, 9.17) is 16.6 Å². The van der Waals surface area contributed by atoms with Crippen LogP contribution >= 0.6 is 22.9 Å². The minimum atomic E-state index is -0.326.